The lowest BCUT2D eigenvalue weighted by molar-refractivity contribution is 0.199. The number of halogens is 1. The van der Waals surface area contributed by atoms with Crippen LogP contribution in [0.15, 0.2) is 44.7 Å². The Balaban J connectivity index is 2.26. The molecule has 1 aromatic heterocycles. The first-order chi connectivity index (χ1) is 8.08. The summed E-state index contributed by atoms with van der Waals surface area (Å²) in [6.07, 6.45) is 1.16. The van der Waals surface area contributed by atoms with Gasteiger partial charge in [0.2, 0.25) is 0 Å². The Kier molecular flexibility index (Phi) is 3.82. The second-order valence-corrected chi connectivity index (χ2v) is 5.30. The molecule has 2 rings (SSSR count). The van der Waals surface area contributed by atoms with Crippen molar-refractivity contribution in [1.82, 2.24) is 0 Å². The highest BCUT2D eigenvalue weighted by molar-refractivity contribution is 7.99. The van der Waals surface area contributed by atoms with Crippen molar-refractivity contribution in [3.63, 3.8) is 0 Å². The Hall–Kier alpha value is -0.900. The lowest BCUT2D eigenvalue weighted by Crippen LogP contribution is -1.90. The molecule has 17 heavy (non-hydrogen) atoms. The lowest BCUT2D eigenvalue weighted by atomic mass is 10.1. The average Bonchev–Trinajstić information content (AvgIpc) is 2.67. The molecule has 2 aromatic rings. The van der Waals surface area contributed by atoms with Gasteiger partial charge in [0.15, 0.2) is 0 Å². The summed E-state index contributed by atoms with van der Waals surface area (Å²) < 4.78 is 5.23. The van der Waals surface area contributed by atoms with Gasteiger partial charge in [-0.15, -0.1) is 0 Å². The first kappa shape index (κ1) is 12.6. The number of aliphatic hydroxyl groups is 1. The van der Waals surface area contributed by atoms with Crippen LogP contribution in [0.2, 0.25) is 5.02 Å². The molecule has 0 saturated heterocycles. The van der Waals surface area contributed by atoms with Crippen LogP contribution in [0.1, 0.15) is 24.4 Å². The molecule has 0 amide bonds. The summed E-state index contributed by atoms with van der Waals surface area (Å²) in [5.74, 6) is 0.880. The lowest BCUT2D eigenvalue weighted by Gasteiger charge is -2.08. The van der Waals surface area contributed by atoms with Crippen LogP contribution < -0.4 is 0 Å². The van der Waals surface area contributed by atoms with Gasteiger partial charge in [0.05, 0.1) is 22.3 Å². The third-order valence-electron chi connectivity index (χ3n) is 2.47. The maximum atomic E-state index is 9.46. The molecule has 2 nitrogen and oxygen atoms in total. The summed E-state index contributed by atoms with van der Waals surface area (Å²) >= 11 is 7.74. The number of aliphatic hydroxyl groups excluding tert-OH is 1. The zero-order valence-corrected chi connectivity index (χ0v) is 11.2. The Labute approximate surface area is 110 Å². The molecule has 4 heteroatoms. The van der Waals surface area contributed by atoms with E-state index in [0.717, 1.165) is 21.1 Å². The van der Waals surface area contributed by atoms with E-state index in [0.29, 0.717) is 5.02 Å². The second-order valence-electron chi connectivity index (χ2n) is 3.81. The number of aryl methyl sites for hydroxylation is 1. The molecule has 0 aliphatic carbocycles. The minimum Gasteiger partial charge on any atom is -0.468 e. The van der Waals surface area contributed by atoms with Crippen molar-refractivity contribution < 1.29 is 9.52 Å². The van der Waals surface area contributed by atoms with E-state index >= 15 is 0 Å². The number of furan rings is 1. The molecule has 0 spiro atoms. The van der Waals surface area contributed by atoms with Gasteiger partial charge in [-0.25, -0.2) is 0 Å². The number of rotatable bonds is 3. The predicted octanol–water partition coefficient (Wildman–Crippen LogP) is 4.45. The van der Waals surface area contributed by atoms with Crippen LogP contribution in [-0.2, 0) is 0 Å². The van der Waals surface area contributed by atoms with Crippen molar-refractivity contribution in [3.05, 3.63) is 46.9 Å². The van der Waals surface area contributed by atoms with E-state index in [1.54, 1.807) is 31.0 Å². The fourth-order valence-electron chi connectivity index (χ4n) is 1.46. The molecule has 1 N–H and O–H groups in total. The highest BCUT2D eigenvalue weighted by Gasteiger charge is 2.09. The highest BCUT2D eigenvalue weighted by atomic mass is 35.5. The molecule has 1 heterocycles. The number of hydrogen-bond donors (Lipinski definition) is 1. The fraction of sp³-hybridized carbons (Fsp3) is 0.231. The van der Waals surface area contributed by atoms with Crippen molar-refractivity contribution >= 4 is 23.4 Å². The Morgan fingerprint density at radius 1 is 1.29 bits per heavy atom. The van der Waals surface area contributed by atoms with Crippen molar-refractivity contribution in [3.8, 4) is 0 Å². The Morgan fingerprint density at radius 2 is 2.06 bits per heavy atom. The van der Waals surface area contributed by atoms with Gasteiger partial charge >= 0.3 is 0 Å². The molecule has 0 saturated carbocycles. The smallest absolute Gasteiger partial charge is 0.114 e. The molecule has 0 fully saturated rings. The molecule has 0 bridgehead atoms. The zero-order valence-electron chi connectivity index (χ0n) is 9.61. The largest absolute Gasteiger partial charge is 0.468 e. The summed E-state index contributed by atoms with van der Waals surface area (Å²) in [5.41, 5.74) is 0.822. The predicted molar refractivity (Wildman–Crippen MR) is 69.7 cm³/mol. The summed E-state index contributed by atoms with van der Waals surface area (Å²) in [6.45, 7) is 3.64. The standard InChI is InChI=1S/C13H13ClO2S/c1-8(15)10-3-4-13(11(14)7-10)17-12-5-6-16-9(12)2/h3-8,15H,1-2H3/t8-/m1/s1. The van der Waals surface area contributed by atoms with E-state index < -0.39 is 6.10 Å². The van der Waals surface area contributed by atoms with Crippen LogP contribution in [0, 0.1) is 6.92 Å². The van der Waals surface area contributed by atoms with Crippen molar-refractivity contribution in [2.75, 3.05) is 0 Å². The number of benzene rings is 1. The van der Waals surface area contributed by atoms with E-state index in [-0.39, 0.29) is 0 Å². The highest BCUT2D eigenvalue weighted by Crippen LogP contribution is 2.36. The first-order valence-corrected chi connectivity index (χ1v) is 6.47. The van der Waals surface area contributed by atoms with Crippen LogP contribution in [-0.4, -0.2) is 5.11 Å². The Bertz CT molecular complexity index is 520. The van der Waals surface area contributed by atoms with Gasteiger partial charge in [-0.2, -0.15) is 0 Å². The van der Waals surface area contributed by atoms with Crippen LogP contribution >= 0.6 is 23.4 Å². The fourth-order valence-corrected chi connectivity index (χ4v) is 2.61. The minimum absolute atomic E-state index is 0.498. The third kappa shape index (κ3) is 2.86. The van der Waals surface area contributed by atoms with E-state index in [1.165, 1.54) is 0 Å². The third-order valence-corrected chi connectivity index (χ3v) is 4.11. The molecule has 0 aliphatic heterocycles. The zero-order chi connectivity index (χ0) is 12.4. The van der Waals surface area contributed by atoms with Crippen LogP contribution in [0.5, 0.6) is 0 Å². The van der Waals surface area contributed by atoms with E-state index in [9.17, 15) is 5.11 Å². The number of hydrogen-bond acceptors (Lipinski definition) is 3. The molecule has 1 atom stereocenters. The van der Waals surface area contributed by atoms with Crippen molar-refractivity contribution in [1.29, 1.82) is 0 Å². The maximum absolute atomic E-state index is 9.46. The minimum atomic E-state index is -0.498. The van der Waals surface area contributed by atoms with Crippen LogP contribution in [0.25, 0.3) is 0 Å². The van der Waals surface area contributed by atoms with Gasteiger partial charge in [-0.1, -0.05) is 29.4 Å². The monoisotopic (exact) mass is 268 g/mol. The molecule has 90 valence electrons. The maximum Gasteiger partial charge on any atom is 0.114 e. The summed E-state index contributed by atoms with van der Waals surface area (Å²) in [6, 6.07) is 7.51. The summed E-state index contributed by atoms with van der Waals surface area (Å²) in [5, 5.41) is 10.1. The SMILES string of the molecule is Cc1occc1Sc1ccc([C@@H](C)O)cc1Cl. The molecule has 0 unspecified atom stereocenters. The van der Waals surface area contributed by atoms with Crippen molar-refractivity contribution in [2.45, 2.75) is 29.7 Å². The summed E-state index contributed by atoms with van der Waals surface area (Å²) in [7, 11) is 0. The van der Waals surface area contributed by atoms with Gasteiger partial charge in [-0.3, -0.25) is 0 Å². The van der Waals surface area contributed by atoms with E-state index in [2.05, 4.69) is 0 Å². The normalized spacial score (nSPS) is 12.7. The van der Waals surface area contributed by atoms with Gasteiger partial charge in [0.1, 0.15) is 5.76 Å². The molecule has 0 radical (unpaired) electrons. The molecular weight excluding hydrogens is 256 g/mol. The topological polar surface area (TPSA) is 33.4 Å². The van der Waals surface area contributed by atoms with Gasteiger partial charge in [-0.05, 0) is 37.6 Å². The molecular formula is C13H13ClO2S. The van der Waals surface area contributed by atoms with Crippen LogP contribution in [0.4, 0.5) is 0 Å². The van der Waals surface area contributed by atoms with Crippen molar-refractivity contribution in [2.24, 2.45) is 0 Å². The quantitative estimate of drug-likeness (QED) is 0.893. The van der Waals surface area contributed by atoms with E-state index in [1.807, 2.05) is 25.1 Å². The Morgan fingerprint density at radius 3 is 2.59 bits per heavy atom. The van der Waals surface area contributed by atoms with Gasteiger partial charge in [0.25, 0.3) is 0 Å². The molecule has 0 aliphatic rings. The first-order valence-electron chi connectivity index (χ1n) is 5.27. The van der Waals surface area contributed by atoms with Gasteiger partial charge < -0.3 is 9.52 Å². The van der Waals surface area contributed by atoms with Gasteiger partial charge in [0, 0.05) is 4.90 Å². The second kappa shape index (κ2) is 5.17. The van der Waals surface area contributed by atoms with Crippen LogP contribution in [0.3, 0.4) is 0 Å². The van der Waals surface area contributed by atoms with E-state index in [4.69, 9.17) is 16.0 Å². The average molecular weight is 269 g/mol. The summed E-state index contributed by atoms with van der Waals surface area (Å²) in [4.78, 5) is 2.01. The molecule has 1 aromatic carbocycles.